The van der Waals surface area contributed by atoms with E-state index in [4.69, 9.17) is 0 Å². The molecule has 1 aromatic rings. The van der Waals surface area contributed by atoms with Gasteiger partial charge in [0.25, 0.3) is 0 Å². The van der Waals surface area contributed by atoms with Crippen LogP contribution in [0, 0.1) is 13.8 Å². The van der Waals surface area contributed by atoms with E-state index in [2.05, 4.69) is 17.6 Å². The summed E-state index contributed by atoms with van der Waals surface area (Å²) in [6.07, 6.45) is 1.96. The Labute approximate surface area is 54.5 Å². The summed E-state index contributed by atoms with van der Waals surface area (Å²) in [6.45, 7) is 4.04. The van der Waals surface area contributed by atoms with E-state index in [1.165, 1.54) is 5.56 Å². The van der Waals surface area contributed by atoms with Gasteiger partial charge in [-0.3, -0.25) is 0 Å². The predicted octanol–water partition coefficient (Wildman–Crippen LogP) is 1.92. The molecule has 0 atom stereocenters. The minimum Gasteiger partial charge on any atom is -0.364 e. The molecule has 2 heteroatoms. The van der Waals surface area contributed by atoms with E-state index in [0.29, 0.717) is 0 Å². The molecule has 1 heterocycles. The number of aromatic amines is 1. The van der Waals surface area contributed by atoms with Crippen LogP contribution in [0.1, 0.15) is 11.3 Å². The van der Waals surface area contributed by atoms with Crippen molar-refractivity contribution in [3.63, 3.8) is 0 Å². The standard InChI is InChI=1S/C6H9NS/c1-4-3-7-5(2)6(4)8/h3,7-8H,1-2H3. The summed E-state index contributed by atoms with van der Waals surface area (Å²) in [7, 11) is 0. The third kappa shape index (κ3) is 0.757. The zero-order valence-corrected chi connectivity index (χ0v) is 5.92. The number of aromatic nitrogens is 1. The van der Waals surface area contributed by atoms with Crippen LogP contribution in [-0.2, 0) is 0 Å². The normalized spacial score (nSPS) is 9.88. The predicted molar refractivity (Wildman–Crippen MR) is 37.5 cm³/mol. The summed E-state index contributed by atoms with van der Waals surface area (Å²) in [5.74, 6) is 0. The summed E-state index contributed by atoms with van der Waals surface area (Å²) in [4.78, 5) is 4.13. The number of hydrogen-bond donors (Lipinski definition) is 2. The molecular weight excluding hydrogens is 118 g/mol. The quantitative estimate of drug-likeness (QED) is 0.495. The maximum Gasteiger partial charge on any atom is 0.0274 e. The Hall–Kier alpha value is -0.370. The molecule has 0 aliphatic rings. The molecule has 8 heavy (non-hydrogen) atoms. The molecule has 0 aliphatic carbocycles. The van der Waals surface area contributed by atoms with Crippen molar-refractivity contribution in [2.24, 2.45) is 0 Å². The molecular formula is C6H9NS. The molecule has 1 nitrogen and oxygen atoms in total. The smallest absolute Gasteiger partial charge is 0.0274 e. The van der Waals surface area contributed by atoms with E-state index in [1.54, 1.807) is 0 Å². The molecule has 0 amide bonds. The first kappa shape index (κ1) is 5.76. The van der Waals surface area contributed by atoms with E-state index in [-0.39, 0.29) is 0 Å². The highest BCUT2D eigenvalue weighted by Crippen LogP contribution is 2.15. The van der Waals surface area contributed by atoms with Gasteiger partial charge in [-0.1, -0.05) is 0 Å². The fourth-order valence-electron chi connectivity index (χ4n) is 0.649. The second-order valence-electron chi connectivity index (χ2n) is 1.95. The van der Waals surface area contributed by atoms with E-state index in [0.717, 1.165) is 10.6 Å². The molecule has 0 saturated heterocycles. The Morgan fingerprint density at radius 1 is 1.50 bits per heavy atom. The van der Waals surface area contributed by atoms with Gasteiger partial charge in [-0.25, -0.2) is 0 Å². The minimum atomic E-state index is 1.07. The fourth-order valence-corrected chi connectivity index (χ4v) is 0.778. The molecule has 0 radical (unpaired) electrons. The Morgan fingerprint density at radius 2 is 2.12 bits per heavy atom. The van der Waals surface area contributed by atoms with Gasteiger partial charge in [0.05, 0.1) is 0 Å². The number of hydrogen-bond acceptors (Lipinski definition) is 1. The van der Waals surface area contributed by atoms with Gasteiger partial charge < -0.3 is 4.98 Å². The van der Waals surface area contributed by atoms with Crippen LogP contribution in [0.5, 0.6) is 0 Å². The van der Waals surface area contributed by atoms with Crippen molar-refractivity contribution < 1.29 is 0 Å². The SMILES string of the molecule is Cc1c[nH]c(C)c1S. The molecule has 1 N–H and O–H groups in total. The number of H-pyrrole nitrogens is 1. The van der Waals surface area contributed by atoms with Gasteiger partial charge in [0.1, 0.15) is 0 Å². The number of aryl methyl sites for hydroxylation is 2. The Bertz CT molecular complexity index is 171. The summed E-state index contributed by atoms with van der Waals surface area (Å²) >= 11 is 4.23. The average molecular weight is 127 g/mol. The summed E-state index contributed by atoms with van der Waals surface area (Å²) < 4.78 is 0. The van der Waals surface area contributed by atoms with Crippen LogP contribution < -0.4 is 0 Å². The van der Waals surface area contributed by atoms with E-state index in [9.17, 15) is 0 Å². The van der Waals surface area contributed by atoms with Gasteiger partial charge in [-0.05, 0) is 19.4 Å². The number of rotatable bonds is 0. The third-order valence-corrected chi connectivity index (χ3v) is 1.92. The van der Waals surface area contributed by atoms with Crippen LogP contribution in [0.2, 0.25) is 0 Å². The van der Waals surface area contributed by atoms with Crippen LogP contribution >= 0.6 is 12.6 Å². The Balaban J connectivity index is 3.19. The largest absolute Gasteiger partial charge is 0.364 e. The molecule has 1 aromatic heterocycles. The topological polar surface area (TPSA) is 15.8 Å². The van der Waals surface area contributed by atoms with Crippen molar-refractivity contribution in [1.29, 1.82) is 0 Å². The Kier molecular flexibility index (Phi) is 1.34. The van der Waals surface area contributed by atoms with Crippen LogP contribution in [0.4, 0.5) is 0 Å². The fraction of sp³-hybridized carbons (Fsp3) is 0.333. The molecule has 0 unspecified atom stereocenters. The summed E-state index contributed by atoms with van der Waals surface area (Å²) in [6, 6.07) is 0. The van der Waals surface area contributed by atoms with Crippen molar-refractivity contribution in [2.75, 3.05) is 0 Å². The monoisotopic (exact) mass is 127 g/mol. The first-order valence-electron chi connectivity index (χ1n) is 2.55. The van der Waals surface area contributed by atoms with Crippen LogP contribution in [0.25, 0.3) is 0 Å². The van der Waals surface area contributed by atoms with Crippen LogP contribution in [0.3, 0.4) is 0 Å². The zero-order chi connectivity index (χ0) is 6.15. The molecule has 44 valence electrons. The van der Waals surface area contributed by atoms with Crippen molar-refractivity contribution in [3.05, 3.63) is 17.5 Å². The lowest BCUT2D eigenvalue weighted by Gasteiger charge is -1.85. The highest BCUT2D eigenvalue weighted by molar-refractivity contribution is 7.80. The first-order valence-corrected chi connectivity index (χ1v) is 3.00. The zero-order valence-electron chi connectivity index (χ0n) is 5.02. The molecule has 0 fully saturated rings. The lowest BCUT2D eigenvalue weighted by molar-refractivity contribution is 1.20. The Morgan fingerprint density at radius 3 is 2.25 bits per heavy atom. The van der Waals surface area contributed by atoms with Crippen molar-refractivity contribution >= 4 is 12.6 Å². The maximum atomic E-state index is 4.23. The lowest BCUT2D eigenvalue weighted by Crippen LogP contribution is -1.67. The second kappa shape index (κ2) is 1.86. The average Bonchev–Trinajstić information content (AvgIpc) is 1.98. The van der Waals surface area contributed by atoms with Gasteiger partial charge >= 0.3 is 0 Å². The third-order valence-electron chi connectivity index (χ3n) is 1.23. The minimum absolute atomic E-state index is 1.07. The van der Waals surface area contributed by atoms with Crippen LogP contribution in [-0.4, -0.2) is 4.98 Å². The van der Waals surface area contributed by atoms with Gasteiger partial charge in [-0.2, -0.15) is 0 Å². The van der Waals surface area contributed by atoms with Gasteiger partial charge in [0, 0.05) is 16.8 Å². The number of thiol groups is 1. The summed E-state index contributed by atoms with van der Waals surface area (Å²) in [5, 5.41) is 0. The van der Waals surface area contributed by atoms with Crippen molar-refractivity contribution in [3.8, 4) is 0 Å². The molecule has 0 aromatic carbocycles. The second-order valence-corrected chi connectivity index (χ2v) is 2.39. The van der Waals surface area contributed by atoms with Crippen LogP contribution in [0.15, 0.2) is 11.1 Å². The molecule has 0 spiro atoms. The molecule has 0 aliphatic heterocycles. The maximum absolute atomic E-state index is 4.23. The van der Waals surface area contributed by atoms with Crippen molar-refractivity contribution in [1.82, 2.24) is 4.98 Å². The van der Waals surface area contributed by atoms with E-state index >= 15 is 0 Å². The molecule has 1 rings (SSSR count). The molecule has 0 bridgehead atoms. The number of nitrogens with one attached hydrogen (secondary N) is 1. The van der Waals surface area contributed by atoms with E-state index < -0.39 is 0 Å². The van der Waals surface area contributed by atoms with E-state index in [1.807, 2.05) is 20.0 Å². The first-order chi connectivity index (χ1) is 3.72. The summed E-state index contributed by atoms with van der Waals surface area (Å²) in [5.41, 5.74) is 2.36. The van der Waals surface area contributed by atoms with Gasteiger partial charge in [0.2, 0.25) is 0 Å². The molecule has 0 saturated carbocycles. The van der Waals surface area contributed by atoms with Gasteiger partial charge in [-0.15, -0.1) is 12.6 Å². The lowest BCUT2D eigenvalue weighted by atomic mass is 10.3. The van der Waals surface area contributed by atoms with Crippen molar-refractivity contribution in [2.45, 2.75) is 18.7 Å². The highest BCUT2D eigenvalue weighted by Gasteiger charge is 1.95. The van der Waals surface area contributed by atoms with Gasteiger partial charge in [0.15, 0.2) is 0 Å². The highest BCUT2D eigenvalue weighted by atomic mass is 32.1.